The standard InChI is InChI=1S/C16H19N3O2/c1-12-11-13(2)18-16(17-12)19-15(20)9-6-10-21-14-7-4-3-5-8-14/h3-5,7-8,11H,6,9-10H2,1-2H3,(H,17,18,19,20). The third-order valence-corrected chi connectivity index (χ3v) is 2.79. The Morgan fingerprint density at radius 3 is 2.48 bits per heavy atom. The van der Waals surface area contributed by atoms with E-state index in [-0.39, 0.29) is 5.91 Å². The van der Waals surface area contributed by atoms with E-state index in [2.05, 4.69) is 15.3 Å². The first kappa shape index (κ1) is 15.0. The fourth-order valence-electron chi connectivity index (χ4n) is 1.91. The van der Waals surface area contributed by atoms with Crippen LogP contribution in [0.2, 0.25) is 0 Å². The quantitative estimate of drug-likeness (QED) is 0.829. The molecule has 5 nitrogen and oxygen atoms in total. The van der Waals surface area contributed by atoms with E-state index in [1.165, 1.54) is 0 Å². The van der Waals surface area contributed by atoms with Gasteiger partial charge in [-0.15, -0.1) is 0 Å². The molecule has 1 N–H and O–H groups in total. The molecule has 0 unspecified atom stereocenters. The summed E-state index contributed by atoms with van der Waals surface area (Å²) in [4.78, 5) is 20.2. The van der Waals surface area contributed by atoms with Gasteiger partial charge < -0.3 is 4.74 Å². The van der Waals surface area contributed by atoms with Crippen LogP contribution in [0.25, 0.3) is 0 Å². The van der Waals surface area contributed by atoms with E-state index in [0.29, 0.717) is 25.4 Å². The number of aromatic nitrogens is 2. The Kier molecular flexibility index (Phi) is 5.26. The first-order valence-corrected chi connectivity index (χ1v) is 6.93. The van der Waals surface area contributed by atoms with Gasteiger partial charge >= 0.3 is 0 Å². The number of carbonyl (C=O) groups is 1. The first-order chi connectivity index (χ1) is 10.1. The predicted molar refractivity (Wildman–Crippen MR) is 81.3 cm³/mol. The van der Waals surface area contributed by atoms with E-state index in [1.54, 1.807) is 0 Å². The maximum absolute atomic E-state index is 11.8. The fraction of sp³-hybridized carbons (Fsp3) is 0.312. The van der Waals surface area contributed by atoms with Crippen LogP contribution in [0, 0.1) is 13.8 Å². The molecule has 2 rings (SSSR count). The summed E-state index contributed by atoms with van der Waals surface area (Å²) in [5.41, 5.74) is 1.68. The molecule has 0 fully saturated rings. The number of aryl methyl sites for hydroxylation is 2. The van der Waals surface area contributed by atoms with E-state index in [1.807, 2.05) is 50.2 Å². The Bertz CT molecular complexity index is 579. The van der Waals surface area contributed by atoms with Crippen molar-refractivity contribution in [3.63, 3.8) is 0 Å². The van der Waals surface area contributed by atoms with Crippen LogP contribution in [-0.2, 0) is 4.79 Å². The summed E-state index contributed by atoms with van der Waals surface area (Å²) in [6.45, 7) is 4.25. The highest BCUT2D eigenvalue weighted by Gasteiger charge is 2.05. The third kappa shape index (κ3) is 5.22. The second kappa shape index (κ2) is 7.38. The molecule has 2 aromatic rings. The molecule has 1 amide bonds. The van der Waals surface area contributed by atoms with Gasteiger partial charge in [0.1, 0.15) is 5.75 Å². The fourth-order valence-corrected chi connectivity index (χ4v) is 1.91. The van der Waals surface area contributed by atoms with Crippen molar-refractivity contribution in [2.45, 2.75) is 26.7 Å². The number of nitrogens with one attached hydrogen (secondary N) is 1. The Morgan fingerprint density at radius 1 is 1.14 bits per heavy atom. The normalized spacial score (nSPS) is 10.2. The molecule has 0 bridgehead atoms. The van der Waals surface area contributed by atoms with Crippen molar-refractivity contribution in [2.24, 2.45) is 0 Å². The molecule has 21 heavy (non-hydrogen) atoms. The average molecular weight is 285 g/mol. The molecule has 0 atom stereocenters. The summed E-state index contributed by atoms with van der Waals surface area (Å²) >= 11 is 0. The van der Waals surface area contributed by atoms with Crippen LogP contribution in [-0.4, -0.2) is 22.5 Å². The molecule has 1 aromatic carbocycles. The Labute approximate surface area is 124 Å². The third-order valence-electron chi connectivity index (χ3n) is 2.79. The van der Waals surface area contributed by atoms with Gasteiger partial charge in [-0.2, -0.15) is 0 Å². The van der Waals surface area contributed by atoms with E-state index < -0.39 is 0 Å². The number of anilines is 1. The molecule has 1 heterocycles. The zero-order valence-electron chi connectivity index (χ0n) is 12.3. The lowest BCUT2D eigenvalue weighted by Gasteiger charge is -2.07. The monoisotopic (exact) mass is 285 g/mol. The van der Waals surface area contributed by atoms with E-state index in [4.69, 9.17) is 4.74 Å². The van der Waals surface area contributed by atoms with Crippen molar-refractivity contribution >= 4 is 11.9 Å². The number of amides is 1. The van der Waals surface area contributed by atoms with Crippen molar-refractivity contribution in [1.29, 1.82) is 0 Å². The zero-order chi connectivity index (χ0) is 15.1. The van der Waals surface area contributed by atoms with Crippen LogP contribution in [0.5, 0.6) is 5.75 Å². The largest absolute Gasteiger partial charge is 0.494 e. The minimum Gasteiger partial charge on any atom is -0.494 e. The number of hydrogen-bond donors (Lipinski definition) is 1. The van der Waals surface area contributed by atoms with Crippen LogP contribution in [0.15, 0.2) is 36.4 Å². The Balaban J connectivity index is 1.72. The molecule has 0 radical (unpaired) electrons. The Morgan fingerprint density at radius 2 is 1.81 bits per heavy atom. The maximum Gasteiger partial charge on any atom is 0.229 e. The van der Waals surface area contributed by atoms with Crippen LogP contribution in [0.4, 0.5) is 5.95 Å². The lowest BCUT2D eigenvalue weighted by atomic mass is 10.3. The first-order valence-electron chi connectivity index (χ1n) is 6.93. The van der Waals surface area contributed by atoms with Gasteiger partial charge in [0.15, 0.2) is 0 Å². The molecule has 0 aliphatic rings. The predicted octanol–water partition coefficient (Wildman–Crippen LogP) is 2.89. The molecular formula is C16H19N3O2. The summed E-state index contributed by atoms with van der Waals surface area (Å²) in [5, 5.41) is 2.71. The molecule has 0 spiro atoms. The average Bonchev–Trinajstić information content (AvgIpc) is 2.43. The highest BCUT2D eigenvalue weighted by atomic mass is 16.5. The van der Waals surface area contributed by atoms with Gasteiger partial charge in [-0.3, -0.25) is 10.1 Å². The molecule has 0 saturated carbocycles. The number of para-hydroxylation sites is 1. The lowest BCUT2D eigenvalue weighted by molar-refractivity contribution is -0.116. The van der Waals surface area contributed by atoms with E-state index >= 15 is 0 Å². The summed E-state index contributed by atoms with van der Waals surface area (Å²) in [6.07, 6.45) is 1.02. The summed E-state index contributed by atoms with van der Waals surface area (Å²) in [7, 11) is 0. The second-order valence-corrected chi connectivity index (χ2v) is 4.79. The number of hydrogen-bond acceptors (Lipinski definition) is 4. The molecule has 0 saturated heterocycles. The number of ether oxygens (including phenoxy) is 1. The number of benzene rings is 1. The van der Waals surface area contributed by atoms with Crippen LogP contribution in [0.1, 0.15) is 24.2 Å². The van der Waals surface area contributed by atoms with Crippen molar-refractivity contribution in [3.8, 4) is 5.75 Å². The number of carbonyl (C=O) groups excluding carboxylic acids is 1. The zero-order valence-corrected chi connectivity index (χ0v) is 12.3. The van der Waals surface area contributed by atoms with Crippen molar-refractivity contribution in [2.75, 3.05) is 11.9 Å². The van der Waals surface area contributed by atoms with Crippen molar-refractivity contribution in [3.05, 3.63) is 47.8 Å². The summed E-state index contributed by atoms with van der Waals surface area (Å²) in [5.74, 6) is 1.08. The van der Waals surface area contributed by atoms with Gasteiger partial charge in [0.25, 0.3) is 0 Å². The van der Waals surface area contributed by atoms with Gasteiger partial charge in [0, 0.05) is 17.8 Å². The molecular weight excluding hydrogens is 266 g/mol. The van der Waals surface area contributed by atoms with Crippen LogP contribution >= 0.6 is 0 Å². The maximum atomic E-state index is 11.8. The topological polar surface area (TPSA) is 64.1 Å². The summed E-state index contributed by atoms with van der Waals surface area (Å²) in [6, 6.07) is 11.4. The lowest BCUT2D eigenvalue weighted by Crippen LogP contribution is -2.15. The minimum atomic E-state index is -0.100. The van der Waals surface area contributed by atoms with Gasteiger partial charge in [-0.05, 0) is 38.5 Å². The van der Waals surface area contributed by atoms with Crippen LogP contribution in [0.3, 0.4) is 0 Å². The second-order valence-electron chi connectivity index (χ2n) is 4.79. The molecule has 0 aliphatic heterocycles. The minimum absolute atomic E-state index is 0.100. The van der Waals surface area contributed by atoms with E-state index in [9.17, 15) is 4.79 Å². The molecule has 5 heteroatoms. The molecule has 1 aromatic heterocycles. The highest BCUT2D eigenvalue weighted by molar-refractivity contribution is 5.88. The van der Waals surface area contributed by atoms with Crippen LogP contribution < -0.4 is 10.1 Å². The highest BCUT2D eigenvalue weighted by Crippen LogP contribution is 2.09. The number of nitrogens with zero attached hydrogens (tertiary/aromatic N) is 2. The van der Waals surface area contributed by atoms with Gasteiger partial charge in [-0.25, -0.2) is 9.97 Å². The van der Waals surface area contributed by atoms with Gasteiger partial charge in [0.05, 0.1) is 6.61 Å². The number of rotatable bonds is 6. The summed E-state index contributed by atoms with van der Waals surface area (Å²) < 4.78 is 5.53. The smallest absolute Gasteiger partial charge is 0.229 e. The van der Waals surface area contributed by atoms with Gasteiger partial charge in [0.2, 0.25) is 11.9 Å². The molecule has 110 valence electrons. The van der Waals surface area contributed by atoms with E-state index in [0.717, 1.165) is 17.1 Å². The SMILES string of the molecule is Cc1cc(C)nc(NC(=O)CCCOc2ccccc2)n1. The van der Waals surface area contributed by atoms with Crippen molar-refractivity contribution < 1.29 is 9.53 Å². The Hall–Kier alpha value is -2.43. The van der Waals surface area contributed by atoms with Crippen molar-refractivity contribution in [1.82, 2.24) is 9.97 Å². The van der Waals surface area contributed by atoms with Gasteiger partial charge in [-0.1, -0.05) is 18.2 Å². The molecule has 0 aliphatic carbocycles.